The predicted molar refractivity (Wildman–Crippen MR) is 77.3 cm³/mol. The molecule has 0 fully saturated rings. The lowest BCUT2D eigenvalue weighted by atomic mass is 10.0. The Morgan fingerprint density at radius 2 is 2.10 bits per heavy atom. The van der Waals surface area contributed by atoms with Gasteiger partial charge in [-0.25, -0.2) is 4.98 Å². The van der Waals surface area contributed by atoms with E-state index in [0.717, 1.165) is 22.0 Å². The summed E-state index contributed by atoms with van der Waals surface area (Å²) in [7, 11) is 0. The third-order valence-corrected chi connectivity index (χ3v) is 4.41. The number of nitrogens with two attached hydrogens (primary N) is 1. The molecule has 2 aromatic heterocycles. The molecule has 0 aliphatic heterocycles. The third-order valence-electron chi connectivity index (χ3n) is 3.25. The van der Waals surface area contributed by atoms with Gasteiger partial charge in [0.2, 0.25) is 5.82 Å². The van der Waals surface area contributed by atoms with Crippen LogP contribution in [0.3, 0.4) is 0 Å². The minimum atomic E-state index is -0.522. The van der Waals surface area contributed by atoms with Gasteiger partial charge in [0.05, 0.1) is 5.69 Å². The van der Waals surface area contributed by atoms with Crippen LogP contribution in [-0.4, -0.2) is 21.7 Å². The van der Waals surface area contributed by atoms with Gasteiger partial charge in [-0.1, -0.05) is 12.1 Å². The fourth-order valence-electron chi connectivity index (χ4n) is 1.91. The van der Waals surface area contributed by atoms with Gasteiger partial charge in [0.15, 0.2) is 0 Å². The molecule has 20 heavy (non-hydrogen) atoms. The number of hydrogen-bond acceptors (Lipinski definition) is 7. The number of aryl methyl sites for hydroxylation is 1. The van der Waals surface area contributed by atoms with Crippen LogP contribution in [-0.2, 0) is 16.9 Å². The average Bonchev–Trinajstić information content (AvgIpc) is 3.05. The summed E-state index contributed by atoms with van der Waals surface area (Å²) in [6.07, 6.45) is 0.773. The van der Waals surface area contributed by atoms with E-state index in [-0.39, 0.29) is 0 Å². The second-order valence-electron chi connectivity index (χ2n) is 4.67. The summed E-state index contributed by atoms with van der Waals surface area (Å²) in [5.74, 6) is 1.05. The number of nitrogens with zero attached hydrogens (tertiary/aromatic N) is 3. The molecule has 7 heteroatoms. The molecule has 0 saturated heterocycles. The highest BCUT2D eigenvalue weighted by Gasteiger charge is 2.31. The zero-order valence-corrected chi connectivity index (χ0v) is 13.1. The molecular formula is C13H20N4O2S. The van der Waals surface area contributed by atoms with Crippen LogP contribution in [0.5, 0.6) is 0 Å². The van der Waals surface area contributed by atoms with Gasteiger partial charge in [0, 0.05) is 13.2 Å². The molecule has 0 amide bonds. The zero-order chi connectivity index (χ0) is 14.8. The minimum absolute atomic E-state index is 0.415. The number of aromatic nitrogens is 3. The van der Waals surface area contributed by atoms with E-state index in [4.69, 9.17) is 15.0 Å². The Morgan fingerprint density at radius 1 is 1.35 bits per heavy atom. The average molecular weight is 296 g/mol. The predicted octanol–water partition coefficient (Wildman–Crippen LogP) is 2.62. The van der Waals surface area contributed by atoms with Crippen molar-refractivity contribution in [2.45, 2.75) is 46.3 Å². The van der Waals surface area contributed by atoms with Crippen molar-refractivity contribution in [3.63, 3.8) is 0 Å². The highest BCUT2D eigenvalue weighted by Crippen LogP contribution is 2.32. The van der Waals surface area contributed by atoms with Crippen LogP contribution < -0.4 is 5.73 Å². The van der Waals surface area contributed by atoms with Crippen molar-refractivity contribution in [3.8, 4) is 10.8 Å². The van der Waals surface area contributed by atoms with Crippen molar-refractivity contribution in [2.75, 3.05) is 6.61 Å². The quantitative estimate of drug-likeness (QED) is 0.881. The maximum absolute atomic E-state index is 5.75. The summed E-state index contributed by atoms with van der Waals surface area (Å²) in [5.41, 5.74) is 5.95. The Morgan fingerprint density at radius 3 is 2.65 bits per heavy atom. The molecule has 0 bridgehead atoms. The van der Waals surface area contributed by atoms with Crippen molar-refractivity contribution >= 4 is 11.3 Å². The van der Waals surface area contributed by atoms with Gasteiger partial charge < -0.3 is 15.0 Å². The molecule has 2 aromatic rings. The summed E-state index contributed by atoms with van der Waals surface area (Å²) in [5, 5.41) is 4.93. The largest absolute Gasteiger partial charge is 0.367 e. The van der Waals surface area contributed by atoms with E-state index in [1.54, 1.807) is 0 Å². The van der Waals surface area contributed by atoms with Crippen LogP contribution in [0, 0.1) is 6.92 Å². The highest BCUT2D eigenvalue weighted by molar-refractivity contribution is 7.15. The molecule has 6 nitrogen and oxygen atoms in total. The third kappa shape index (κ3) is 2.74. The molecule has 0 saturated carbocycles. The van der Waals surface area contributed by atoms with Crippen molar-refractivity contribution in [2.24, 2.45) is 5.73 Å². The minimum Gasteiger partial charge on any atom is -0.367 e. The van der Waals surface area contributed by atoms with Crippen LogP contribution in [0.2, 0.25) is 0 Å². The Kier molecular flexibility index (Phi) is 4.52. The smallest absolute Gasteiger partial charge is 0.270 e. The lowest BCUT2D eigenvalue weighted by Crippen LogP contribution is -2.26. The molecule has 1 unspecified atom stereocenters. The number of thiazole rings is 1. The molecule has 0 aliphatic carbocycles. The monoisotopic (exact) mass is 296 g/mol. The normalized spacial score (nSPS) is 14.4. The van der Waals surface area contributed by atoms with Gasteiger partial charge >= 0.3 is 0 Å². The Hall–Kier alpha value is -1.31. The SMILES string of the molecule is CCOC(C)(CC)c1noc(-c2sc(CN)nc2C)n1. The molecule has 0 spiro atoms. The fraction of sp³-hybridized carbons (Fsp3) is 0.615. The van der Waals surface area contributed by atoms with E-state index in [2.05, 4.69) is 15.1 Å². The van der Waals surface area contributed by atoms with Gasteiger partial charge in [-0.3, -0.25) is 0 Å². The first kappa shape index (κ1) is 15.1. The fourth-order valence-corrected chi connectivity index (χ4v) is 2.78. The van der Waals surface area contributed by atoms with E-state index < -0.39 is 5.60 Å². The van der Waals surface area contributed by atoms with Gasteiger partial charge in [0.25, 0.3) is 5.89 Å². The first-order valence-electron chi connectivity index (χ1n) is 6.69. The maximum Gasteiger partial charge on any atom is 0.270 e. The van der Waals surface area contributed by atoms with Gasteiger partial charge in [-0.05, 0) is 27.2 Å². The van der Waals surface area contributed by atoms with Crippen LogP contribution in [0.4, 0.5) is 0 Å². The van der Waals surface area contributed by atoms with E-state index in [1.165, 1.54) is 11.3 Å². The summed E-state index contributed by atoms with van der Waals surface area (Å²) in [6, 6.07) is 0. The zero-order valence-electron chi connectivity index (χ0n) is 12.3. The molecule has 110 valence electrons. The molecule has 0 radical (unpaired) electrons. The lowest BCUT2D eigenvalue weighted by molar-refractivity contribution is -0.0403. The second-order valence-corrected chi connectivity index (χ2v) is 5.75. The van der Waals surface area contributed by atoms with Crippen LogP contribution in [0.15, 0.2) is 4.52 Å². The summed E-state index contributed by atoms with van der Waals surface area (Å²) in [4.78, 5) is 9.72. The van der Waals surface area contributed by atoms with Gasteiger partial charge in [-0.2, -0.15) is 4.98 Å². The molecule has 2 heterocycles. The number of ether oxygens (including phenoxy) is 1. The van der Waals surface area contributed by atoms with E-state index >= 15 is 0 Å². The van der Waals surface area contributed by atoms with Crippen molar-refractivity contribution in [1.29, 1.82) is 0 Å². The number of hydrogen-bond donors (Lipinski definition) is 1. The Bertz CT molecular complexity index is 581. The van der Waals surface area contributed by atoms with Crippen LogP contribution in [0.25, 0.3) is 10.8 Å². The Labute approximate surface area is 122 Å². The first-order chi connectivity index (χ1) is 9.54. The lowest BCUT2D eigenvalue weighted by Gasteiger charge is -2.23. The molecule has 2 rings (SSSR count). The van der Waals surface area contributed by atoms with E-state index in [9.17, 15) is 0 Å². The van der Waals surface area contributed by atoms with E-state index in [1.807, 2.05) is 27.7 Å². The maximum atomic E-state index is 5.75. The Balaban J connectivity index is 2.34. The second kappa shape index (κ2) is 5.99. The highest BCUT2D eigenvalue weighted by atomic mass is 32.1. The van der Waals surface area contributed by atoms with Crippen LogP contribution in [0.1, 0.15) is 43.7 Å². The van der Waals surface area contributed by atoms with Crippen molar-refractivity contribution < 1.29 is 9.26 Å². The summed E-state index contributed by atoms with van der Waals surface area (Å²) >= 11 is 1.48. The van der Waals surface area contributed by atoms with E-state index in [0.29, 0.717) is 24.9 Å². The van der Waals surface area contributed by atoms with Crippen molar-refractivity contribution in [1.82, 2.24) is 15.1 Å². The topological polar surface area (TPSA) is 87.1 Å². The van der Waals surface area contributed by atoms with Gasteiger partial charge in [0.1, 0.15) is 15.5 Å². The molecular weight excluding hydrogens is 276 g/mol. The molecule has 1 atom stereocenters. The van der Waals surface area contributed by atoms with Crippen LogP contribution >= 0.6 is 11.3 Å². The summed E-state index contributed by atoms with van der Waals surface area (Å²) < 4.78 is 11.1. The molecule has 0 aliphatic rings. The number of rotatable bonds is 6. The standard InChI is InChI=1S/C13H20N4O2S/c1-5-13(4,18-6-2)12-16-11(19-17-12)10-8(3)15-9(7-14)20-10/h5-7,14H2,1-4H3. The van der Waals surface area contributed by atoms with Crippen molar-refractivity contribution in [3.05, 3.63) is 16.5 Å². The first-order valence-corrected chi connectivity index (χ1v) is 7.50. The molecule has 0 aromatic carbocycles. The molecule has 2 N–H and O–H groups in total. The van der Waals surface area contributed by atoms with Gasteiger partial charge in [-0.15, -0.1) is 11.3 Å². The summed E-state index contributed by atoms with van der Waals surface area (Å²) in [6.45, 7) is 8.89.